The Bertz CT molecular complexity index is 1010. The summed E-state index contributed by atoms with van der Waals surface area (Å²) in [5.74, 6) is -0.231. The number of carbonyl (C=O) groups excluding carboxylic acids is 1. The zero-order valence-corrected chi connectivity index (χ0v) is 17.1. The molecular formula is C25H26FN3O. The molecule has 1 heterocycles. The van der Waals surface area contributed by atoms with E-state index in [0.717, 1.165) is 48.7 Å². The highest BCUT2D eigenvalue weighted by Gasteiger charge is 2.18. The first-order chi connectivity index (χ1) is 14.6. The van der Waals surface area contributed by atoms with Gasteiger partial charge in [0, 0.05) is 55.2 Å². The third-order valence-electron chi connectivity index (χ3n) is 5.60. The van der Waals surface area contributed by atoms with Gasteiger partial charge in [-0.3, -0.25) is 9.69 Å². The fourth-order valence-electron chi connectivity index (χ4n) is 3.81. The number of hydrogen-bond acceptors (Lipinski definition) is 3. The van der Waals surface area contributed by atoms with Crippen molar-refractivity contribution in [3.63, 3.8) is 0 Å². The maximum absolute atomic E-state index is 13.9. The maximum atomic E-state index is 13.9. The normalized spacial score (nSPS) is 14.5. The predicted octanol–water partition coefficient (Wildman–Crippen LogP) is 4.71. The van der Waals surface area contributed by atoms with Gasteiger partial charge in [-0.15, -0.1) is 0 Å². The van der Waals surface area contributed by atoms with Crippen LogP contribution in [0.4, 0.5) is 15.8 Å². The van der Waals surface area contributed by atoms with Gasteiger partial charge in [0.1, 0.15) is 5.82 Å². The lowest BCUT2D eigenvalue weighted by molar-refractivity contribution is 0.102. The van der Waals surface area contributed by atoms with E-state index in [0.29, 0.717) is 12.1 Å². The van der Waals surface area contributed by atoms with Crippen molar-refractivity contribution in [2.75, 3.05) is 36.4 Å². The topological polar surface area (TPSA) is 35.6 Å². The van der Waals surface area contributed by atoms with E-state index in [2.05, 4.69) is 15.1 Å². The predicted molar refractivity (Wildman–Crippen MR) is 119 cm³/mol. The van der Waals surface area contributed by atoms with Gasteiger partial charge in [0.05, 0.1) is 0 Å². The molecule has 1 saturated heterocycles. The highest BCUT2D eigenvalue weighted by atomic mass is 19.1. The standard InChI is InChI=1S/C25H26FN3O/c1-19-6-2-4-8-23(19)25(30)27-21-10-12-22(13-11-21)29-16-14-28(15-17-29)18-20-7-3-5-9-24(20)26/h2-13H,14-18H2,1H3,(H,27,30). The van der Waals surface area contributed by atoms with Crippen molar-refractivity contribution < 1.29 is 9.18 Å². The van der Waals surface area contributed by atoms with Gasteiger partial charge in [0.25, 0.3) is 5.91 Å². The second-order valence-corrected chi connectivity index (χ2v) is 7.67. The van der Waals surface area contributed by atoms with E-state index in [1.54, 1.807) is 6.07 Å². The Morgan fingerprint density at radius 2 is 1.57 bits per heavy atom. The molecule has 1 aliphatic heterocycles. The van der Waals surface area contributed by atoms with Crippen LogP contribution in [0.3, 0.4) is 0 Å². The molecule has 30 heavy (non-hydrogen) atoms. The summed E-state index contributed by atoms with van der Waals surface area (Å²) >= 11 is 0. The average molecular weight is 404 g/mol. The first-order valence-electron chi connectivity index (χ1n) is 10.3. The van der Waals surface area contributed by atoms with Crippen LogP contribution in [0, 0.1) is 12.7 Å². The molecule has 4 nitrogen and oxygen atoms in total. The number of aryl methyl sites for hydroxylation is 1. The van der Waals surface area contributed by atoms with Crippen LogP contribution in [0.1, 0.15) is 21.5 Å². The summed E-state index contributed by atoms with van der Waals surface area (Å²) in [5, 5.41) is 2.97. The van der Waals surface area contributed by atoms with Crippen molar-refractivity contribution in [1.82, 2.24) is 4.90 Å². The molecule has 0 spiro atoms. The summed E-state index contributed by atoms with van der Waals surface area (Å²) in [5.41, 5.74) is 4.31. The minimum absolute atomic E-state index is 0.0948. The Balaban J connectivity index is 1.32. The number of benzene rings is 3. The van der Waals surface area contributed by atoms with Gasteiger partial charge in [-0.1, -0.05) is 36.4 Å². The van der Waals surface area contributed by atoms with Crippen LogP contribution in [-0.2, 0) is 6.54 Å². The zero-order valence-electron chi connectivity index (χ0n) is 17.1. The number of nitrogens with one attached hydrogen (secondary N) is 1. The molecular weight excluding hydrogens is 377 g/mol. The third kappa shape index (κ3) is 4.69. The Labute approximate surface area is 176 Å². The molecule has 0 atom stereocenters. The zero-order chi connectivity index (χ0) is 20.9. The molecule has 3 aromatic rings. The molecule has 1 N–H and O–H groups in total. The molecule has 1 fully saturated rings. The lowest BCUT2D eigenvalue weighted by Gasteiger charge is -2.36. The van der Waals surface area contributed by atoms with Crippen molar-refractivity contribution in [1.29, 1.82) is 0 Å². The van der Waals surface area contributed by atoms with Gasteiger partial charge in [0.2, 0.25) is 0 Å². The van der Waals surface area contributed by atoms with Crippen LogP contribution in [0.5, 0.6) is 0 Å². The van der Waals surface area contributed by atoms with Gasteiger partial charge in [-0.25, -0.2) is 4.39 Å². The quantitative estimate of drug-likeness (QED) is 0.670. The first kappa shape index (κ1) is 20.1. The van der Waals surface area contributed by atoms with E-state index in [1.807, 2.05) is 67.6 Å². The monoisotopic (exact) mass is 403 g/mol. The van der Waals surface area contributed by atoms with Crippen LogP contribution in [0.15, 0.2) is 72.8 Å². The van der Waals surface area contributed by atoms with E-state index in [9.17, 15) is 9.18 Å². The number of halogens is 1. The summed E-state index contributed by atoms with van der Waals surface area (Å²) in [7, 11) is 0. The molecule has 4 rings (SSSR count). The summed E-state index contributed by atoms with van der Waals surface area (Å²) in [4.78, 5) is 17.1. The average Bonchev–Trinajstić information content (AvgIpc) is 2.77. The number of amides is 1. The Morgan fingerprint density at radius 1 is 0.900 bits per heavy atom. The van der Waals surface area contributed by atoms with Gasteiger partial charge in [-0.2, -0.15) is 0 Å². The van der Waals surface area contributed by atoms with Crippen LogP contribution in [0.2, 0.25) is 0 Å². The number of hydrogen-bond donors (Lipinski definition) is 1. The van der Waals surface area contributed by atoms with Crippen molar-refractivity contribution >= 4 is 17.3 Å². The van der Waals surface area contributed by atoms with E-state index >= 15 is 0 Å². The van der Waals surface area contributed by atoms with Crippen LogP contribution in [0.25, 0.3) is 0 Å². The molecule has 3 aromatic carbocycles. The lowest BCUT2D eigenvalue weighted by atomic mass is 10.1. The Hall–Kier alpha value is -3.18. The molecule has 0 radical (unpaired) electrons. The van der Waals surface area contributed by atoms with Crippen LogP contribution < -0.4 is 10.2 Å². The first-order valence-corrected chi connectivity index (χ1v) is 10.3. The van der Waals surface area contributed by atoms with Gasteiger partial charge >= 0.3 is 0 Å². The van der Waals surface area contributed by atoms with E-state index < -0.39 is 0 Å². The molecule has 0 unspecified atom stereocenters. The van der Waals surface area contributed by atoms with E-state index in [4.69, 9.17) is 0 Å². The second-order valence-electron chi connectivity index (χ2n) is 7.67. The van der Waals surface area contributed by atoms with Crippen LogP contribution in [-0.4, -0.2) is 37.0 Å². The molecule has 1 amide bonds. The number of nitrogens with zero attached hydrogens (tertiary/aromatic N) is 2. The SMILES string of the molecule is Cc1ccccc1C(=O)Nc1ccc(N2CCN(Cc3ccccc3F)CC2)cc1. The smallest absolute Gasteiger partial charge is 0.255 e. The fourth-order valence-corrected chi connectivity index (χ4v) is 3.81. The van der Waals surface area contributed by atoms with Crippen molar-refractivity contribution in [3.8, 4) is 0 Å². The molecule has 0 aliphatic carbocycles. The molecule has 0 bridgehead atoms. The summed E-state index contributed by atoms with van der Waals surface area (Å²) in [6, 6.07) is 22.5. The maximum Gasteiger partial charge on any atom is 0.255 e. The number of piperazine rings is 1. The van der Waals surface area contributed by atoms with E-state index in [1.165, 1.54) is 6.07 Å². The second kappa shape index (κ2) is 9.09. The summed E-state index contributed by atoms with van der Waals surface area (Å²) < 4.78 is 13.9. The van der Waals surface area contributed by atoms with Gasteiger partial charge < -0.3 is 10.2 Å². The number of anilines is 2. The highest BCUT2D eigenvalue weighted by molar-refractivity contribution is 6.05. The van der Waals surface area contributed by atoms with Crippen molar-refractivity contribution in [3.05, 3.63) is 95.3 Å². The molecule has 1 aliphatic rings. The molecule has 0 aromatic heterocycles. The number of carbonyl (C=O) groups is 1. The Morgan fingerprint density at radius 3 is 2.27 bits per heavy atom. The van der Waals surface area contributed by atoms with Crippen molar-refractivity contribution in [2.45, 2.75) is 13.5 Å². The van der Waals surface area contributed by atoms with Gasteiger partial charge in [-0.05, 0) is 48.9 Å². The molecule has 5 heteroatoms. The summed E-state index contributed by atoms with van der Waals surface area (Å²) in [6.45, 7) is 6.14. The third-order valence-corrected chi connectivity index (χ3v) is 5.60. The summed E-state index contributed by atoms with van der Waals surface area (Å²) in [6.07, 6.45) is 0. The highest BCUT2D eigenvalue weighted by Crippen LogP contribution is 2.21. The lowest BCUT2D eigenvalue weighted by Crippen LogP contribution is -2.46. The minimum atomic E-state index is -0.136. The van der Waals surface area contributed by atoms with E-state index in [-0.39, 0.29) is 11.7 Å². The number of rotatable bonds is 5. The van der Waals surface area contributed by atoms with Crippen molar-refractivity contribution in [2.24, 2.45) is 0 Å². The molecule has 154 valence electrons. The van der Waals surface area contributed by atoms with Crippen LogP contribution >= 0.6 is 0 Å². The largest absolute Gasteiger partial charge is 0.369 e. The Kier molecular flexibility index (Phi) is 6.10. The fraction of sp³-hybridized carbons (Fsp3) is 0.240. The van der Waals surface area contributed by atoms with Gasteiger partial charge in [0.15, 0.2) is 0 Å². The minimum Gasteiger partial charge on any atom is -0.369 e. The molecule has 0 saturated carbocycles.